The van der Waals surface area contributed by atoms with E-state index in [0.717, 1.165) is 16.2 Å². The Bertz CT molecular complexity index is 1250. The van der Waals surface area contributed by atoms with Crippen LogP contribution in [0.4, 0.5) is 5.82 Å². The second kappa shape index (κ2) is 9.11. The number of pyridine rings is 2. The van der Waals surface area contributed by atoms with Gasteiger partial charge in [0.1, 0.15) is 24.1 Å². The number of carbonyl (C=O) groups excluding carboxylic acids is 1. The first-order valence-corrected chi connectivity index (χ1v) is 10.8. The fraction of sp³-hybridized carbons (Fsp3) is 0.130. The fourth-order valence-corrected chi connectivity index (χ4v) is 4.16. The zero-order valence-electron chi connectivity index (χ0n) is 17.0. The van der Waals surface area contributed by atoms with Gasteiger partial charge < -0.3 is 14.8 Å². The molecule has 9 heteroatoms. The predicted octanol–water partition coefficient (Wildman–Crippen LogP) is 3.90. The van der Waals surface area contributed by atoms with Gasteiger partial charge in [0, 0.05) is 29.6 Å². The van der Waals surface area contributed by atoms with Crippen molar-refractivity contribution < 1.29 is 14.3 Å². The second-order valence-corrected chi connectivity index (χ2v) is 8.01. The SMILES string of the molecule is O=C(Nc1ccnn1Cc1ccncc1)c1cccnc1Sc1ccc2c(c1)OCCO2. The van der Waals surface area contributed by atoms with E-state index in [2.05, 4.69) is 20.4 Å². The molecule has 0 aliphatic carbocycles. The zero-order chi connectivity index (χ0) is 21.8. The third-order valence-electron chi connectivity index (χ3n) is 4.78. The summed E-state index contributed by atoms with van der Waals surface area (Å²) in [6, 6.07) is 14.8. The van der Waals surface area contributed by atoms with Crippen LogP contribution in [0.5, 0.6) is 11.5 Å². The van der Waals surface area contributed by atoms with Crippen molar-refractivity contribution in [3.05, 3.63) is 84.4 Å². The van der Waals surface area contributed by atoms with Gasteiger partial charge in [0.05, 0.1) is 18.3 Å². The van der Waals surface area contributed by atoms with Crippen molar-refractivity contribution in [1.29, 1.82) is 0 Å². The molecule has 1 aliphatic rings. The molecule has 32 heavy (non-hydrogen) atoms. The highest BCUT2D eigenvalue weighted by molar-refractivity contribution is 7.99. The van der Waals surface area contributed by atoms with Crippen LogP contribution in [-0.4, -0.2) is 38.9 Å². The number of anilines is 1. The van der Waals surface area contributed by atoms with Crippen LogP contribution in [0, 0.1) is 0 Å². The van der Waals surface area contributed by atoms with E-state index >= 15 is 0 Å². The van der Waals surface area contributed by atoms with Crippen LogP contribution < -0.4 is 14.8 Å². The number of ether oxygens (including phenoxy) is 2. The van der Waals surface area contributed by atoms with Crippen molar-refractivity contribution >= 4 is 23.5 Å². The third-order valence-corrected chi connectivity index (χ3v) is 5.79. The quantitative estimate of drug-likeness (QED) is 0.481. The first-order valence-electron chi connectivity index (χ1n) is 10.0. The summed E-state index contributed by atoms with van der Waals surface area (Å²) in [6.07, 6.45) is 6.79. The molecule has 4 heterocycles. The Balaban J connectivity index is 1.34. The minimum Gasteiger partial charge on any atom is -0.486 e. The molecule has 1 aliphatic heterocycles. The molecule has 4 aromatic rings. The molecular weight excluding hydrogens is 426 g/mol. The summed E-state index contributed by atoms with van der Waals surface area (Å²) in [5.41, 5.74) is 1.51. The Morgan fingerprint density at radius 2 is 1.84 bits per heavy atom. The number of amides is 1. The van der Waals surface area contributed by atoms with E-state index in [9.17, 15) is 4.79 Å². The molecule has 0 atom stereocenters. The molecule has 0 radical (unpaired) electrons. The van der Waals surface area contributed by atoms with E-state index in [1.807, 2.05) is 30.3 Å². The Labute approximate surface area is 188 Å². The molecule has 0 spiro atoms. The Hall–Kier alpha value is -3.85. The van der Waals surface area contributed by atoms with Gasteiger partial charge >= 0.3 is 0 Å². The van der Waals surface area contributed by atoms with Gasteiger partial charge in [-0.2, -0.15) is 5.10 Å². The summed E-state index contributed by atoms with van der Waals surface area (Å²) in [5.74, 6) is 1.77. The number of nitrogens with zero attached hydrogens (tertiary/aromatic N) is 4. The van der Waals surface area contributed by atoms with Gasteiger partial charge in [-0.1, -0.05) is 11.8 Å². The topological polar surface area (TPSA) is 91.2 Å². The van der Waals surface area contributed by atoms with E-state index < -0.39 is 0 Å². The van der Waals surface area contributed by atoms with Crippen molar-refractivity contribution in [3.63, 3.8) is 0 Å². The lowest BCUT2D eigenvalue weighted by molar-refractivity contribution is 0.102. The summed E-state index contributed by atoms with van der Waals surface area (Å²) in [7, 11) is 0. The smallest absolute Gasteiger partial charge is 0.259 e. The normalized spacial score (nSPS) is 12.4. The predicted molar refractivity (Wildman–Crippen MR) is 119 cm³/mol. The maximum Gasteiger partial charge on any atom is 0.259 e. The van der Waals surface area contributed by atoms with Gasteiger partial charge in [0.25, 0.3) is 5.91 Å². The molecule has 0 saturated carbocycles. The Morgan fingerprint density at radius 3 is 2.72 bits per heavy atom. The molecule has 8 nitrogen and oxygen atoms in total. The number of carbonyl (C=O) groups is 1. The molecule has 1 N–H and O–H groups in total. The van der Waals surface area contributed by atoms with Crippen molar-refractivity contribution in [2.45, 2.75) is 16.5 Å². The van der Waals surface area contributed by atoms with Crippen LogP contribution in [0.3, 0.4) is 0 Å². The lowest BCUT2D eigenvalue weighted by Gasteiger charge is -2.18. The van der Waals surface area contributed by atoms with Gasteiger partial charge in [0.2, 0.25) is 0 Å². The second-order valence-electron chi connectivity index (χ2n) is 6.95. The number of hydrogen-bond donors (Lipinski definition) is 1. The van der Waals surface area contributed by atoms with Crippen molar-refractivity contribution in [1.82, 2.24) is 19.7 Å². The zero-order valence-corrected chi connectivity index (χ0v) is 17.8. The molecule has 0 unspecified atom stereocenters. The Morgan fingerprint density at radius 1 is 1.00 bits per heavy atom. The minimum atomic E-state index is -0.255. The monoisotopic (exact) mass is 445 g/mol. The number of nitrogens with one attached hydrogen (secondary N) is 1. The van der Waals surface area contributed by atoms with Crippen molar-refractivity contribution in [2.75, 3.05) is 18.5 Å². The fourth-order valence-electron chi connectivity index (χ4n) is 3.25. The lowest BCUT2D eigenvalue weighted by Crippen LogP contribution is -2.17. The first-order chi connectivity index (χ1) is 15.8. The minimum absolute atomic E-state index is 0.255. The highest BCUT2D eigenvalue weighted by Crippen LogP contribution is 2.37. The van der Waals surface area contributed by atoms with E-state index in [-0.39, 0.29) is 5.91 Å². The van der Waals surface area contributed by atoms with Gasteiger partial charge in [0.15, 0.2) is 11.5 Å². The summed E-state index contributed by atoms with van der Waals surface area (Å²) in [6.45, 7) is 1.59. The molecule has 0 saturated heterocycles. The molecule has 1 amide bonds. The lowest BCUT2D eigenvalue weighted by atomic mass is 10.2. The summed E-state index contributed by atoms with van der Waals surface area (Å²) < 4.78 is 13.0. The average molecular weight is 446 g/mol. The van der Waals surface area contributed by atoms with Crippen LogP contribution in [0.2, 0.25) is 0 Å². The number of benzene rings is 1. The van der Waals surface area contributed by atoms with Crippen LogP contribution in [-0.2, 0) is 6.54 Å². The molecule has 160 valence electrons. The largest absolute Gasteiger partial charge is 0.486 e. The number of aromatic nitrogens is 4. The summed E-state index contributed by atoms with van der Waals surface area (Å²) in [5, 5.41) is 7.87. The van der Waals surface area contributed by atoms with E-state index in [1.54, 1.807) is 47.7 Å². The average Bonchev–Trinajstić information content (AvgIpc) is 3.26. The molecular formula is C23H19N5O3S. The van der Waals surface area contributed by atoms with Crippen LogP contribution in [0.15, 0.2) is 83.2 Å². The number of hydrogen-bond acceptors (Lipinski definition) is 7. The van der Waals surface area contributed by atoms with Crippen LogP contribution >= 0.6 is 11.8 Å². The van der Waals surface area contributed by atoms with Gasteiger partial charge in [-0.3, -0.25) is 9.78 Å². The number of rotatable bonds is 6. The van der Waals surface area contributed by atoms with E-state index in [1.165, 1.54) is 11.8 Å². The Kier molecular flexibility index (Phi) is 5.71. The summed E-state index contributed by atoms with van der Waals surface area (Å²) in [4.78, 5) is 22.5. The van der Waals surface area contributed by atoms with Crippen LogP contribution in [0.1, 0.15) is 15.9 Å². The van der Waals surface area contributed by atoms with Crippen LogP contribution in [0.25, 0.3) is 0 Å². The highest BCUT2D eigenvalue weighted by atomic mass is 32.2. The number of fused-ring (bicyclic) bond motifs is 1. The van der Waals surface area contributed by atoms with Gasteiger partial charge in [-0.15, -0.1) is 0 Å². The highest BCUT2D eigenvalue weighted by Gasteiger charge is 2.17. The van der Waals surface area contributed by atoms with E-state index in [0.29, 0.717) is 41.9 Å². The van der Waals surface area contributed by atoms with Crippen molar-refractivity contribution in [2.24, 2.45) is 0 Å². The first kappa shape index (κ1) is 20.1. The van der Waals surface area contributed by atoms with Crippen molar-refractivity contribution in [3.8, 4) is 11.5 Å². The molecule has 1 aromatic carbocycles. The molecule has 0 fully saturated rings. The summed E-state index contributed by atoms with van der Waals surface area (Å²) >= 11 is 1.40. The van der Waals surface area contributed by atoms with Gasteiger partial charge in [-0.25, -0.2) is 9.67 Å². The molecule has 5 rings (SSSR count). The maximum atomic E-state index is 13.1. The van der Waals surface area contributed by atoms with Gasteiger partial charge in [-0.05, 0) is 48.0 Å². The van der Waals surface area contributed by atoms with E-state index in [4.69, 9.17) is 9.47 Å². The maximum absolute atomic E-state index is 13.1. The standard InChI is InChI=1S/C23H19N5O3S/c29-22(27-21-7-11-26-28(21)15-16-5-9-24-10-6-16)18-2-1-8-25-23(18)32-17-3-4-19-20(14-17)31-13-12-30-19/h1-11,14H,12-13,15H2,(H,27,29). The molecule has 0 bridgehead atoms. The molecule has 3 aromatic heterocycles. The third kappa shape index (κ3) is 4.42.